The van der Waals surface area contributed by atoms with Crippen molar-refractivity contribution in [3.05, 3.63) is 42.7 Å². The highest BCUT2D eigenvalue weighted by Crippen LogP contribution is 2.19. The van der Waals surface area contributed by atoms with Gasteiger partial charge in [0.05, 0.1) is 22.7 Å². The number of nitrogens with zero attached hydrogens (tertiary/aromatic N) is 4. The van der Waals surface area contributed by atoms with Crippen LogP contribution in [0.15, 0.2) is 42.7 Å². The van der Waals surface area contributed by atoms with Gasteiger partial charge in [0.25, 0.3) is 0 Å². The molecule has 4 aromatic rings. The summed E-state index contributed by atoms with van der Waals surface area (Å²) in [4.78, 5) is 13.5. The van der Waals surface area contributed by atoms with Gasteiger partial charge in [-0.05, 0) is 18.2 Å². The smallest absolute Gasteiger partial charge is 0.179 e. The highest BCUT2D eigenvalue weighted by Gasteiger charge is 2.12. The first-order chi connectivity index (χ1) is 9.38. The number of hydrogen-bond acceptors (Lipinski definition) is 3. The van der Waals surface area contributed by atoms with Gasteiger partial charge in [-0.25, -0.2) is 4.98 Å². The first-order valence-electron chi connectivity index (χ1n) is 6.19. The second-order valence-corrected chi connectivity index (χ2v) is 4.41. The number of benzene rings is 1. The van der Waals surface area contributed by atoms with Crippen LogP contribution in [0.4, 0.5) is 0 Å². The third-order valence-electron chi connectivity index (χ3n) is 3.32. The van der Waals surface area contributed by atoms with E-state index < -0.39 is 0 Å². The van der Waals surface area contributed by atoms with Gasteiger partial charge in [-0.2, -0.15) is 0 Å². The molecule has 89 valence electrons. The van der Waals surface area contributed by atoms with Crippen molar-refractivity contribution >= 4 is 40.6 Å². The van der Waals surface area contributed by atoms with Crippen LogP contribution in [-0.4, -0.2) is 26.6 Å². The molecule has 0 N–H and O–H groups in total. The lowest BCUT2D eigenvalue weighted by molar-refractivity contribution is 1.23. The number of aromatic nitrogens is 4. The number of hydrogen-bond donors (Lipinski definition) is 0. The van der Waals surface area contributed by atoms with Crippen molar-refractivity contribution in [2.75, 3.05) is 0 Å². The largest absolute Gasteiger partial charge is 0.290 e. The van der Waals surface area contributed by atoms with Crippen LogP contribution in [0.1, 0.15) is 0 Å². The lowest BCUT2D eigenvalue weighted by atomic mass is 9.78. The van der Waals surface area contributed by atoms with Crippen molar-refractivity contribution in [1.29, 1.82) is 0 Å². The summed E-state index contributed by atoms with van der Waals surface area (Å²) in [5.41, 5.74) is 5.77. The van der Waals surface area contributed by atoms with Crippen LogP contribution in [0.3, 0.4) is 0 Å². The van der Waals surface area contributed by atoms with E-state index in [0.29, 0.717) is 0 Å². The fourth-order valence-corrected chi connectivity index (χ4v) is 2.47. The zero-order valence-electron chi connectivity index (χ0n) is 10.4. The Morgan fingerprint density at radius 1 is 1.00 bits per heavy atom. The minimum Gasteiger partial charge on any atom is -0.290 e. The van der Waals surface area contributed by atoms with Gasteiger partial charge < -0.3 is 0 Å². The summed E-state index contributed by atoms with van der Waals surface area (Å²) in [7, 11) is 1.98. The fraction of sp³-hybridized carbons (Fsp3) is 0.0714. The molecule has 0 saturated heterocycles. The van der Waals surface area contributed by atoms with Gasteiger partial charge in [-0.3, -0.25) is 14.4 Å². The maximum atomic E-state index is 4.68. The molecule has 19 heavy (non-hydrogen) atoms. The van der Waals surface area contributed by atoms with Crippen LogP contribution in [-0.2, 0) is 0 Å². The molecule has 0 saturated carbocycles. The topological polar surface area (TPSA) is 43.1 Å². The zero-order chi connectivity index (χ0) is 12.8. The molecule has 0 atom stereocenters. The van der Waals surface area contributed by atoms with E-state index >= 15 is 0 Å². The molecule has 5 heteroatoms. The lowest BCUT2D eigenvalue weighted by Crippen LogP contribution is -2.19. The molecule has 0 bridgehead atoms. The standard InChI is InChI=1S/C14H10BN4/c1-15-13-14-18-9-4-2-3-5-11(9)19(14)12-6-7-16-8-10(12)17-13/h2-8H,1H3. The summed E-state index contributed by atoms with van der Waals surface area (Å²) < 4.78 is 2.15. The molecule has 0 aliphatic carbocycles. The average Bonchev–Trinajstić information content (AvgIpc) is 2.86. The van der Waals surface area contributed by atoms with E-state index in [1.807, 2.05) is 38.4 Å². The highest BCUT2D eigenvalue weighted by atomic mass is 15.0. The second kappa shape index (κ2) is 3.78. The molecule has 0 spiro atoms. The molecule has 0 amide bonds. The van der Waals surface area contributed by atoms with Gasteiger partial charge in [-0.15, -0.1) is 0 Å². The van der Waals surface area contributed by atoms with E-state index in [1.165, 1.54) is 0 Å². The highest BCUT2D eigenvalue weighted by molar-refractivity contribution is 6.53. The van der Waals surface area contributed by atoms with Crippen LogP contribution >= 0.6 is 0 Å². The molecule has 0 aliphatic heterocycles. The Morgan fingerprint density at radius 2 is 1.84 bits per heavy atom. The van der Waals surface area contributed by atoms with E-state index in [2.05, 4.69) is 25.4 Å². The van der Waals surface area contributed by atoms with E-state index in [0.717, 1.165) is 33.3 Å². The monoisotopic (exact) mass is 245 g/mol. The number of imidazole rings is 1. The van der Waals surface area contributed by atoms with Crippen molar-refractivity contribution in [3.63, 3.8) is 0 Å². The lowest BCUT2D eigenvalue weighted by Gasteiger charge is -2.05. The van der Waals surface area contributed by atoms with Gasteiger partial charge >= 0.3 is 0 Å². The Labute approximate surface area is 110 Å². The summed E-state index contributed by atoms with van der Waals surface area (Å²) in [6.45, 7) is 1.98. The molecule has 0 aliphatic rings. The van der Waals surface area contributed by atoms with Crippen molar-refractivity contribution in [2.24, 2.45) is 0 Å². The Hall–Kier alpha value is -2.43. The van der Waals surface area contributed by atoms with E-state index in [4.69, 9.17) is 0 Å². The van der Waals surface area contributed by atoms with E-state index in [9.17, 15) is 0 Å². The van der Waals surface area contributed by atoms with Crippen molar-refractivity contribution < 1.29 is 0 Å². The van der Waals surface area contributed by atoms with Crippen molar-refractivity contribution in [2.45, 2.75) is 6.82 Å². The Balaban J connectivity index is 2.36. The van der Waals surface area contributed by atoms with Gasteiger partial charge in [-0.1, -0.05) is 19.0 Å². The molecule has 3 aromatic heterocycles. The predicted molar refractivity (Wildman–Crippen MR) is 77.0 cm³/mol. The second-order valence-electron chi connectivity index (χ2n) is 4.41. The minimum atomic E-state index is 0.881. The minimum absolute atomic E-state index is 0.881. The van der Waals surface area contributed by atoms with E-state index in [1.54, 1.807) is 12.4 Å². The summed E-state index contributed by atoms with van der Waals surface area (Å²) in [6, 6.07) is 10.1. The molecule has 1 aromatic carbocycles. The average molecular weight is 245 g/mol. The Morgan fingerprint density at radius 3 is 2.74 bits per heavy atom. The summed E-state index contributed by atoms with van der Waals surface area (Å²) >= 11 is 0. The summed E-state index contributed by atoms with van der Waals surface area (Å²) in [5.74, 6) is 0. The Bertz CT molecular complexity index is 913. The SMILES string of the molecule is C[B]c1nc2cnccc2n2c1nc1ccccc12. The third-order valence-corrected chi connectivity index (χ3v) is 3.32. The maximum Gasteiger partial charge on any atom is 0.179 e. The number of para-hydroxylation sites is 2. The summed E-state index contributed by atoms with van der Waals surface area (Å²) in [6.07, 6.45) is 3.57. The van der Waals surface area contributed by atoms with Gasteiger partial charge in [0, 0.05) is 11.8 Å². The van der Waals surface area contributed by atoms with Crippen LogP contribution in [0.2, 0.25) is 6.82 Å². The maximum absolute atomic E-state index is 4.68. The first-order valence-corrected chi connectivity index (χ1v) is 6.19. The molecular formula is C14H10BN4. The molecular weight excluding hydrogens is 235 g/mol. The predicted octanol–water partition coefficient (Wildman–Crippen LogP) is 1.81. The molecule has 4 rings (SSSR count). The third kappa shape index (κ3) is 1.38. The number of fused-ring (bicyclic) bond motifs is 5. The van der Waals surface area contributed by atoms with Crippen LogP contribution < -0.4 is 5.59 Å². The molecule has 0 unspecified atom stereocenters. The summed E-state index contributed by atoms with van der Waals surface area (Å²) in [5, 5.41) is 0. The zero-order valence-corrected chi connectivity index (χ0v) is 10.4. The van der Waals surface area contributed by atoms with Gasteiger partial charge in [0.1, 0.15) is 11.2 Å². The molecule has 4 nitrogen and oxygen atoms in total. The van der Waals surface area contributed by atoms with Gasteiger partial charge in [0.2, 0.25) is 0 Å². The molecule has 3 heterocycles. The van der Waals surface area contributed by atoms with Crippen molar-refractivity contribution in [3.8, 4) is 0 Å². The van der Waals surface area contributed by atoms with Crippen molar-refractivity contribution in [1.82, 2.24) is 19.4 Å². The quantitative estimate of drug-likeness (QED) is 0.480. The molecule has 0 fully saturated rings. The first kappa shape index (κ1) is 10.5. The van der Waals surface area contributed by atoms with Crippen LogP contribution in [0.5, 0.6) is 0 Å². The number of pyridine rings is 1. The van der Waals surface area contributed by atoms with E-state index in [-0.39, 0.29) is 0 Å². The fourth-order valence-electron chi connectivity index (χ4n) is 2.47. The molecule has 1 radical (unpaired) electrons. The normalized spacial score (nSPS) is 11.4. The van der Waals surface area contributed by atoms with Gasteiger partial charge in [0.15, 0.2) is 7.28 Å². The number of rotatable bonds is 1. The van der Waals surface area contributed by atoms with Crippen LogP contribution in [0.25, 0.3) is 27.7 Å². The Kier molecular flexibility index (Phi) is 2.09. The van der Waals surface area contributed by atoms with Crippen LogP contribution in [0, 0.1) is 0 Å².